The molecule has 0 radical (unpaired) electrons. The molecule has 0 aromatic rings. The second-order valence-electron chi connectivity index (χ2n) is 7.70. The molecule has 2 heterocycles. The summed E-state index contributed by atoms with van der Waals surface area (Å²) in [6, 6.07) is 0. The first-order chi connectivity index (χ1) is 11.0. The van der Waals surface area contributed by atoms with Crippen molar-refractivity contribution in [3.05, 3.63) is 0 Å². The van der Waals surface area contributed by atoms with Crippen molar-refractivity contribution in [3.8, 4) is 0 Å². The normalized spacial score (nSPS) is 40.0. The van der Waals surface area contributed by atoms with Gasteiger partial charge in [0.25, 0.3) is 0 Å². The minimum Gasteiger partial charge on any atom is -0.461 e. The van der Waals surface area contributed by atoms with Crippen LogP contribution in [0.1, 0.15) is 52.9 Å². The summed E-state index contributed by atoms with van der Waals surface area (Å²) < 4.78 is 45.2. The lowest BCUT2D eigenvalue weighted by molar-refractivity contribution is -0.286. The molecule has 4 atom stereocenters. The van der Waals surface area contributed by atoms with E-state index in [1.54, 1.807) is 6.92 Å². The number of ether oxygens (including phenoxy) is 1. The summed E-state index contributed by atoms with van der Waals surface area (Å²) in [7, 11) is 0. The molecule has 1 aliphatic carbocycles. The maximum absolute atomic E-state index is 13.2. The third kappa shape index (κ3) is 2.45. The summed E-state index contributed by atoms with van der Waals surface area (Å²) >= 11 is 0. The third-order valence-corrected chi connectivity index (χ3v) is 6.30. The van der Waals surface area contributed by atoms with Gasteiger partial charge in [-0.2, -0.15) is 13.2 Å². The van der Waals surface area contributed by atoms with Gasteiger partial charge in [-0.3, -0.25) is 15.4 Å². The van der Waals surface area contributed by atoms with Crippen LogP contribution in [-0.4, -0.2) is 40.8 Å². The summed E-state index contributed by atoms with van der Waals surface area (Å²) in [4.78, 5) is 12.7. The summed E-state index contributed by atoms with van der Waals surface area (Å²) in [5.41, 5.74) is -4.16. The number of hydrogen-bond donors (Lipinski definition) is 3. The summed E-state index contributed by atoms with van der Waals surface area (Å²) in [6.45, 7) is 4.40. The largest absolute Gasteiger partial charge is 0.461 e. The zero-order valence-corrected chi connectivity index (χ0v) is 14.2. The number of nitrogens with one attached hydrogen (secondary N) is 2. The molecule has 24 heavy (non-hydrogen) atoms. The fraction of sp³-hybridized carbons (Fsp3) is 0.938. The zero-order valence-electron chi connectivity index (χ0n) is 14.2. The molecule has 8 heteroatoms. The number of carbonyl (C=O) groups is 1. The van der Waals surface area contributed by atoms with Gasteiger partial charge in [0.2, 0.25) is 0 Å². The van der Waals surface area contributed by atoms with Crippen LogP contribution in [0, 0.1) is 11.3 Å². The number of aliphatic hydroxyl groups is 1. The highest BCUT2D eigenvalue weighted by Gasteiger charge is 2.80. The van der Waals surface area contributed by atoms with Crippen molar-refractivity contribution < 1.29 is 27.8 Å². The molecule has 2 aliphatic heterocycles. The second-order valence-corrected chi connectivity index (χ2v) is 7.70. The molecule has 2 saturated heterocycles. The number of rotatable bonds is 5. The lowest BCUT2D eigenvalue weighted by Crippen LogP contribution is -2.55. The zero-order chi connectivity index (χ0) is 18.0. The Morgan fingerprint density at radius 3 is 2.25 bits per heavy atom. The van der Waals surface area contributed by atoms with Gasteiger partial charge in [0.05, 0.1) is 11.6 Å². The van der Waals surface area contributed by atoms with Gasteiger partial charge in [0, 0.05) is 5.92 Å². The predicted octanol–water partition coefficient (Wildman–Crippen LogP) is 2.05. The minimum atomic E-state index is -4.76. The first-order valence-electron chi connectivity index (χ1n) is 8.55. The molecular weight excluding hydrogens is 325 g/mol. The van der Waals surface area contributed by atoms with Crippen LogP contribution in [0.5, 0.6) is 0 Å². The Morgan fingerprint density at radius 1 is 1.25 bits per heavy atom. The molecule has 0 amide bonds. The molecule has 5 nitrogen and oxygen atoms in total. The number of carbonyl (C=O) groups excluding carboxylic acids is 1. The predicted molar refractivity (Wildman–Crippen MR) is 79.7 cm³/mol. The van der Waals surface area contributed by atoms with Crippen molar-refractivity contribution in [2.24, 2.45) is 11.3 Å². The van der Waals surface area contributed by atoms with Crippen LogP contribution in [0.15, 0.2) is 0 Å². The highest BCUT2D eigenvalue weighted by atomic mass is 19.4. The molecule has 3 aliphatic rings. The lowest BCUT2D eigenvalue weighted by Gasteiger charge is -2.42. The quantitative estimate of drug-likeness (QED) is 0.521. The number of fused-ring (bicyclic) bond motifs is 1. The second kappa shape index (κ2) is 5.32. The molecule has 3 N–H and O–H groups in total. The summed E-state index contributed by atoms with van der Waals surface area (Å²) in [6.07, 6.45) is -3.25. The van der Waals surface area contributed by atoms with Gasteiger partial charge in [-0.25, -0.2) is 0 Å². The van der Waals surface area contributed by atoms with Gasteiger partial charge in [-0.15, -0.1) is 0 Å². The van der Waals surface area contributed by atoms with Gasteiger partial charge in [0.15, 0.2) is 5.60 Å². The van der Waals surface area contributed by atoms with E-state index in [1.165, 1.54) is 0 Å². The Morgan fingerprint density at radius 2 is 1.79 bits per heavy atom. The van der Waals surface area contributed by atoms with E-state index in [0.29, 0.717) is 25.7 Å². The average molecular weight is 350 g/mol. The molecule has 0 aromatic heterocycles. The van der Waals surface area contributed by atoms with Crippen LogP contribution in [0.2, 0.25) is 0 Å². The van der Waals surface area contributed by atoms with Crippen LogP contribution in [0.25, 0.3) is 0 Å². The standard InChI is InChI=1S/C16H25F3N2O3/c1-4-13(2,15-11(20-15)21-15)12(22)24-10-8-6-5-7-9(10)14(3,23)16(17,18)19/h9-11,20-21,23H,4-8H2,1-3H3. The number of alkyl halides is 3. The SMILES string of the molecule is CCC(C)(C(=O)OC1CCCCC1C(C)(O)C(F)(F)F)C12NC1N2. The smallest absolute Gasteiger partial charge is 0.417 e. The van der Waals surface area contributed by atoms with Gasteiger partial charge in [-0.05, 0) is 39.5 Å². The monoisotopic (exact) mass is 350 g/mol. The van der Waals surface area contributed by atoms with Crippen molar-refractivity contribution in [1.29, 1.82) is 0 Å². The topological polar surface area (TPSA) is 90.4 Å². The highest BCUT2D eigenvalue weighted by Crippen LogP contribution is 2.54. The lowest BCUT2D eigenvalue weighted by atomic mass is 9.75. The molecule has 1 saturated carbocycles. The summed E-state index contributed by atoms with van der Waals surface area (Å²) in [5, 5.41) is 16.3. The maximum Gasteiger partial charge on any atom is 0.417 e. The molecule has 0 aromatic carbocycles. The van der Waals surface area contributed by atoms with Crippen molar-refractivity contribution in [2.75, 3.05) is 0 Å². The fourth-order valence-corrected chi connectivity index (χ4v) is 3.95. The van der Waals surface area contributed by atoms with E-state index in [1.807, 2.05) is 6.92 Å². The van der Waals surface area contributed by atoms with Crippen LogP contribution in [-0.2, 0) is 9.53 Å². The van der Waals surface area contributed by atoms with Gasteiger partial charge in [-0.1, -0.05) is 13.3 Å². The van der Waals surface area contributed by atoms with Crippen molar-refractivity contribution in [3.63, 3.8) is 0 Å². The number of hydrogen-bond acceptors (Lipinski definition) is 5. The molecule has 3 rings (SSSR count). The van der Waals surface area contributed by atoms with E-state index in [9.17, 15) is 23.1 Å². The average Bonchev–Trinajstić information content (AvgIpc) is 3.35. The van der Waals surface area contributed by atoms with Crippen LogP contribution in [0.4, 0.5) is 13.2 Å². The number of halogens is 3. The van der Waals surface area contributed by atoms with E-state index < -0.39 is 40.8 Å². The molecule has 0 spiro atoms. The molecule has 0 bridgehead atoms. The Kier molecular flexibility index (Phi) is 3.98. The van der Waals surface area contributed by atoms with E-state index in [2.05, 4.69) is 10.6 Å². The van der Waals surface area contributed by atoms with Gasteiger partial charge >= 0.3 is 12.1 Å². The Hall–Kier alpha value is -0.860. The molecule has 138 valence electrons. The number of esters is 1. The van der Waals surface area contributed by atoms with E-state index in [0.717, 1.165) is 6.92 Å². The molecular formula is C16H25F3N2O3. The molecule has 3 fully saturated rings. The Labute approximate surface area is 139 Å². The van der Waals surface area contributed by atoms with E-state index >= 15 is 0 Å². The molecule has 4 unspecified atom stereocenters. The van der Waals surface area contributed by atoms with Crippen molar-refractivity contribution >= 4 is 5.97 Å². The minimum absolute atomic E-state index is 0.0930. The maximum atomic E-state index is 13.2. The van der Waals surface area contributed by atoms with E-state index in [4.69, 9.17) is 4.74 Å². The third-order valence-electron chi connectivity index (χ3n) is 6.30. The van der Waals surface area contributed by atoms with Crippen LogP contribution < -0.4 is 10.6 Å². The fourth-order valence-electron chi connectivity index (χ4n) is 3.95. The first kappa shape index (κ1) is 17.9. The Bertz CT molecular complexity index is 531. The highest BCUT2D eigenvalue weighted by molar-refractivity contribution is 5.81. The first-order valence-corrected chi connectivity index (χ1v) is 8.55. The van der Waals surface area contributed by atoms with Crippen LogP contribution >= 0.6 is 0 Å². The summed E-state index contributed by atoms with van der Waals surface area (Å²) in [5.74, 6) is -1.64. The Balaban J connectivity index is 1.76. The van der Waals surface area contributed by atoms with Gasteiger partial charge in [0.1, 0.15) is 11.8 Å². The van der Waals surface area contributed by atoms with Crippen molar-refractivity contribution in [1.82, 2.24) is 10.6 Å². The van der Waals surface area contributed by atoms with Crippen LogP contribution in [0.3, 0.4) is 0 Å². The van der Waals surface area contributed by atoms with Crippen molar-refractivity contribution in [2.45, 2.75) is 82.6 Å². The van der Waals surface area contributed by atoms with Gasteiger partial charge < -0.3 is 9.84 Å². The van der Waals surface area contributed by atoms with E-state index in [-0.39, 0.29) is 12.6 Å².